The first kappa shape index (κ1) is 13.9. The van der Waals surface area contributed by atoms with Gasteiger partial charge in [0.2, 0.25) is 11.9 Å². The summed E-state index contributed by atoms with van der Waals surface area (Å²) in [5.41, 5.74) is 0. The highest BCUT2D eigenvalue weighted by molar-refractivity contribution is 6.76. The van der Waals surface area contributed by atoms with Crippen molar-refractivity contribution in [3.05, 3.63) is 5.82 Å². The Labute approximate surface area is 104 Å². The largest absolute Gasteiger partial charge is 0.357 e. The Morgan fingerprint density at radius 1 is 1.06 bits per heavy atom. The van der Waals surface area contributed by atoms with Crippen LogP contribution in [0, 0.1) is 6.92 Å². The van der Waals surface area contributed by atoms with Gasteiger partial charge in [-0.2, -0.15) is 15.0 Å². The summed E-state index contributed by atoms with van der Waals surface area (Å²) < 4.78 is 0. The average Bonchev–Trinajstić information content (AvgIpc) is 2.22. The zero-order valence-electron chi connectivity index (χ0n) is 11.5. The quantitative estimate of drug-likeness (QED) is 0.602. The molecule has 0 fully saturated rings. The van der Waals surface area contributed by atoms with Crippen molar-refractivity contribution in [2.45, 2.75) is 39.0 Å². The highest BCUT2D eigenvalue weighted by Gasteiger charge is 2.11. The summed E-state index contributed by atoms with van der Waals surface area (Å²) in [6, 6.07) is 1.32. The number of nitrogens with zero attached hydrogens (tertiary/aromatic N) is 3. The van der Waals surface area contributed by atoms with Crippen molar-refractivity contribution in [3.8, 4) is 0 Å². The predicted molar refractivity (Wildman–Crippen MR) is 75.4 cm³/mol. The van der Waals surface area contributed by atoms with Crippen molar-refractivity contribution in [2.24, 2.45) is 0 Å². The number of anilines is 2. The first-order chi connectivity index (χ1) is 7.90. The Kier molecular flexibility index (Phi) is 4.86. The van der Waals surface area contributed by atoms with Crippen molar-refractivity contribution in [2.75, 3.05) is 24.2 Å². The third kappa shape index (κ3) is 5.62. The molecule has 0 radical (unpaired) electrons. The molecule has 0 aliphatic heterocycles. The number of hydrogen-bond acceptors (Lipinski definition) is 5. The van der Waals surface area contributed by atoms with Crippen molar-refractivity contribution in [1.29, 1.82) is 0 Å². The van der Waals surface area contributed by atoms with Crippen LogP contribution in [0.3, 0.4) is 0 Å². The van der Waals surface area contributed by atoms with Crippen LogP contribution in [0.2, 0.25) is 25.7 Å². The summed E-state index contributed by atoms with van der Waals surface area (Å²) in [6.45, 7) is 9.96. The van der Waals surface area contributed by atoms with Crippen LogP contribution < -0.4 is 10.6 Å². The predicted octanol–water partition coefficient (Wildman–Crippen LogP) is 2.36. The van der Waals surface area contributed by atoms with Gasteiger partial charge in [0.15, 0.2) is 0 Å². The second kappa shape index (κ2) is 5.95. The first-order valence-corrected chi connectivity index (χ1v) is 9.76. The number of rotatable bonds is 6. The van der Waals surface area contributed by atoms with Crippen LogP contribution >= 0.6 is 0 Å². The van der Waals surface area contributed by atoms with E-state index in [-0.39, 0.29) is 0 Å². The van der Waals surface area contributed by atoms with Gasteiger partial charge in [-0.3, -0.25) is 0 Å². The molecular formula is C11H23N5Si. The van der Waals surface area contributed by atoms with Crippen LogP contribution in [0.25, 0.3) is 0 Å². The smallest absolute Gasteiger partial charge is 0.227 e. The number of nitrogens with one attached hydrogen (secondary N) is 2. The molecule has 2 N–H and O–H groups in total. The van der Waals surface area contributed by atoms with Gasteiger partial charge in [-0.15, -0.1) is 0 Å². The van der Waals surface area contributed by atoms with E-state index >= 15 is 0 Å². The van der Waals surface area contributed by atoms with Gasteiger partial charge >= 0.3 is 0 Å². The van der Waals surface area contributed by atoms with Crippen molar-refractivity contribution >= 4 is 20.0 Å². The molecule has 0 saturated heterocycles. The summed E-state index contributed by atoms with van der Waals surface area (Å²) in [7, 11) is 0.880. The van der Waals surface area contributed by atoms with Gasteiger partial charge in [0.25, 0.3) is 0 Å². The minimum atomic E-state index is -0.930. The Morgan fingerprint density at radius 3 is 2.29 bits per heavy atom. The highest BCUT2D eigenvalue weighted by Crippen LogP contribution is 2.11. The van der Waals surface area contributed by atoms with Crippen molar-refractivity contribution in [3.63, 3.8) is 0 Å². The molecule has 0 amide bonds. The van der Waals surface area contributed by atoms with Crippen LogP contribution in [-0.2, 0) is 0 Å². The molecule has 1 rings (SSSR count). The summed E-state index contributed by atoms with van der Waals surface area (Å²) >= 11 is 0. The Hall–Kier alpha value is -1.17. The topological polar surface area (TPSA) is 62.7 Å². The fourth-order valence-electron chi connectivity index (χ4n) is 1.49. The molecule has 17 heavy (non-hydrogen) atoms. The van der Waals surface area contributed by atoms with Crippen LogP contribution in [0.1, 0.15) is 12.2 Å². The third-order valence-corrected chi connectivity index (χ3v) is 4.21. The fraction of sp³-hybridized carbons (Fsp3) is 0.727. The molecule has 5 nitrogen and oxygen atoms in total. The molecule has 1 aromatic rings. The van der Waals surface area contributed by atoms with Gasteiger partial charge in [0.1, 0.15) is 5.82 Å². The zero-order chi connectivity index (χ0) is 12.9. The molecule has 0 bridgehead atoms. The van der Waals surface area contributed by atoms with E-state index in [1.807, 2.05) is 14.0 Å². The van der Waals surface area contributed by atoms with Crippen LogP contribution in [0.15, 0.2) is 0 Å². The van der Waals surface area contributed by atoms with Crippen molar-refractivity contribution < 1.29 is 0 Å². The molecule has 96 valence electrons. The van der Waals surface area contributed by atoms with E-state index in [1.54, 1.807) is 0 Å². The van der Waals surface area contributed by atoms with Crippen LogP contribution in [0.4, 0.5) is 11.9 Å². The standard InChI is InChI=1S/C11H23N5Si/c1-9-14-10(12-2)16-11(15-9)13-7-6-8-17(3,4)5/h6-8H2,1-5H3,(H2,12,13,14,15,16). The summed E-state index contributed by atoms with van der Waals surface area (Å²) in [5.74, 6) is 2.01. The number of hydrogen-bond donors (Lipinski definition) is 2. The van der Waals surface area contributed by atoms with E-state index in [1.165, 1.54) is 12.5 Å². The minimum Gasteiger partial charge on any atom is -0.357 e. The maximum absolute atomic E-state index is 4.25. The zero-order valence-corrected chi connectivity index (χ0v) is 12.5. The fourth-order valence-corrected chi connectivity index (χ4v) is 2.73. The van der Waals surface area contributed by atoms with Gasteiger partial charge in [-0.1, -0.05) is 25.7 Å². The lowest BCUT2D eigenvalue weighted by molar-refractivity contribution is 0.909. The van der Waals surface area contributed by atoms with Gasteiger partial charge in [-0.05, 0) is 13.3 Å². The van der Waals surface area contributed by atoms with E-state index in [0.29, 0.717) is 11.9 Å². The first-order valence-electron chi connectivity index (χ1n) is 6.05. The summed E-state index contributed by atoms with van der Waals surface area (Å²) in [5, 5.41) is 6.18. The molecule has 0 unspecified atom stereocenters. The number of aromatic nitrogens is 3. The van der Waals surface area contributed by atoms with E-state index in [4.69, 9.17) is 0 Å². The van der Waals surface area contributed by atoms with E-state index in [9.17, 15) is 0 Å². The lowest BCUT2D eigenvalue weighted by Crippen LogP contribution is -2.20. The van der Waals surface area contributed by atoms with E-state index < -0.39 is 8.07 Å². The molecule has 0 atom stereocenters. The average molecular weight is 253 g/mol. The SMILES string of the molecule is CNc1nc(C)nc(NCCC[Si](C)(C)C)n1. The lowest BCUT2D eigenvalue weighted by Gasteiger charge is -2.15. The molecule has 1 heterocycles. The molecule has 0 aliphatic rings. The third-order valence-electron chi connectivity index (χ3n) is 2.36. The van der Waals surface area contributed by atoms with E-state index in [0.717, 1.165) is 12.4 Å². The lowest BCUT2D eigenvalue weighted by atomic mass is 10.5. The molecule has 6 heteroatoms. The summed E-state index contributed by atoms with van der Waals surface area (Å²) in [4.78, 5) is 12.7. The van der Waals surface area contributed by atoms with Crippen LogP contribution in [0.5, 0.6) is 0 Å². The Morgan fingerprint density at radius 2 is 1.71 bits per heavy atom. The second-order valence-corrected chi connectivity index (χ2v) is 11.0. The van der Waals surface area contributed by atoms with Crippen molar-refractivity contribution in [1.82, 2.24) is 15.0 Å². The monoisotopic (exact) mass is 253 g/mol. The normalized spacial score (nSPS) is 11.4. The Bertz CT molecular complexity index is 361. The maximum atomic E-state index is 4.25. The number of aryl methyl sites for hydroxylation is 1. The van der Waals surface area contributed by atoms with Gasteiger partial charge in [0.05, 0.1) is 0 Å². The van der Waals surface area contributed by atoms with Gasteiger partial charge in [0, 0.05) is 21.7 Å². The summed E-state index contributed by atoms with van der Waals surface area (Å²) in [6.07, 6.45) is 1.18. The van der Waals surface area contributed by atoms with E-state index in [2.05, 4.69) is 45.2 Å². The Balaban J connectivity index is 2.44. The highest BCUT2D eigenvalue weighted by atomic mass is 28.3. The molecule has 0 saturated carbocycles. The molecular weight excluding hydrogens is 230 g/mol. The molecule has 0 aromatic carbocycles. The van der Waals surface area contributed by atoms with Gasteiger partial charge in [-0.25, -0.2) is 0 Å². The maximum Gasteiger partial charge on any atom is 0.227 e. The van der Waals surface area contributed by atoms with Gasteiger partial charge < -0.3 is 10.6 Å². The molecule has 1 aromatic heterocycles. The second-order valence-electron chi connectivity index (χ2n) is 5.37. The molecule has 0 spiro atoms. The minimum absolute atomic E-state index is 0.616. The van der Waals surface area contributed by atoms with Crippen LogP contribution in [-0.4, -0.2) is 36.6 Å². The molecule has 0 aliphatic carbocycles.